The van der Waals surface area contributed by atoms with Crippen molar-refractivity contribution in [1.29, 1.82) is 0 Å². The zero-order valence-electron chi connectivity index (χ0n) is 18.9. The summed E-state index contributed by atoms with van der Waals surface area (Å²) in [5, 5.41) is 18.9. The first-order chi connectivity index (χ1) is 17.0. The minimum absolute atomic E-state index is 0.0251. The number of hydrogen-bond donors (Lipinski definition) is 1. The van der Waals surface area contributed by atoms with Gasteiger partial charge in [0.2, 0.25) is 0 Å². The number of β-amino-alcohol motifs (C(OH)–C–C–N with tert-alkyl or cyclic N) is 1. The average molecular weight is 510 g/mol. The highest BCUT2D eigenvalue weighted by atomic mass is 35.5. The van der Waals surface area contributed by atoms with Crippen molar-refractivity contribution in [3.05, 3.63) is 86.2 Å². The fourth-order valence-corrected chi connectivity index (χ4v) is 5.29. The molecule has 180 valence electrons. The van der Waals surface area contributed by atoms with Crippen LogP contribution in [0.4, 0.5) is 5.69 Å². The van der Waals surface area contributed by atoms with E-state index in [9.17, 15) is 14.7 Å². The van der Waals surface area contributed by atoms with Crippen molar-refractivity contribution in [2.45, 2.75) is 31.8 Å². The molecule has 1 aliphatic heterocycles. The van der Waals surface area contributed by atoms with Gasteiger partial charge in [-0.15, -0.1) is 16.4 Å². The Morgan fingerprint density at radius 1 is 1.17 bits per heavy atom. The number of benzene rings is 1. The maximum Gasteiger partial charge on any atom is 0.255 e. The number of rotatable bonds is 7. The Morgan fingerprint density at radius 2 is 2.06 bits per heavy atom. The number of nitrogens with zero attached hydrogens (tertiary/aromatic N) is 5. The van der Waals surface area contributed by atoms with Crippen LogP contribution in [-0.4, -0.2) is 49.6 Å². The molecule has 0 amide bonds. The summed E-state index contributed by atoms with van der Waals surface area (Å²) in [6.45, 7) is 1.29. The molecule has 0 unspecified atom stereocenters. The summed E-state index contributed by atoms with van der Waals surface area (Å²) in [6.07, 6.45) is 5.55. The number of hydrogen-bond acceptors (Lipinski definition) is 7. The number of aliphatic hydroxyl groups excluding tert-OH is 1. The van der Waals surface area contributed by atoms with Crippen LogP contribution in [0.25, 0.3) is 11.4 Å². The Kier molecular flexibility index (Phi) is 6.81. The van der Waals surface area contributed by atoms with Crippen molar-refractivity contribution in [3.8, 4) is 11.4 Å². The van der Waals surface area contributed by atoms with E-state index in [2.05, 4.69) is 15.2 Å². The molecule has 1 fully saturated rings. The zero-order valence-corrected chi connectivity index (χ0v) is 20.5. The SMILES string of the molecule is O=C(CCc1cn(-c2ccc(-n3ccccc3=O)cc2N2CCC[C@H](O)C2)nn1)c1ccc(Cl)s1. The van der Waals surface area contributed by atoms with Crippen LogP contribution in [0, 0.1) is 0 Å². The van der Waals surface area contributed by atoms with Gasteiger partial charge in [-0.1, -0.05) is 22.9 Å². The van der Waals surface area contributed by atoms with Crippen molar-refractivity contribution < 1.29 is 9.90 Å². The molecule has 4 heterocycles. The number of carbonyl (C=O) groups is 1. The number of anilines is 1. The molecule has 0 saturated carbocycles. The Hall–Kier alpha value is -3.27. The standard InChI is InChI=1S/C25H24ClN5O3S/c26-24-11-10-23(35-24)22(33)9-6-17-15-31(28-27-17)20-8-7-18(30-13-2-1-5-25(30)34)14-21(20)29-12-3-4-19(32)16-29/h1-2,5,7-8,10-11,13-15,19,32H,3-4,6,9,12,16H2/t19-/m0/s1. The van der Waals surface area contributed by atoms with Crippen LogP contribution in [-0.2, 0) is 6.42 Å². The lowest BCUT2D eigenvalue weighted by atomic mass is 10.1. The molecule has 4 aromatic rings. The fourth-order valence-electron chi connectivity index (χ4n) is 4.28. The van der Waals surface area contributed by atoms with Crippen molar-refractivity contribution in [2.24, 2.45) is 0 Å². The van der Waals surface area contributed by atoms with Crippen molar-refractivity contribution in [2.75, 3.05) is 18.0 Å². The van der Waals surface area contributed by atoms with Crippen LogP contribution in [0.5, 0.6) is 0 Å². The highest BCUT2D eigenvalue weighted by Gasteiger charge is 2.22. The van der Waals surface area contributed by atoms with E-state index in [1.807, 2.05) is 30.5 Å². The topological polar surface area (TPSA) is 93.2 Å². The Morgan fingerprint density at radius 3 is 2.83 bits per heavy atom. The first-order valence-electron chi connectivity index (χ1n) is 11.4. The van der Waals surface area contributed by atoms with E-state index in [0.29, 0.717) is 34.3 Å². The number of ketones is 1. The van der Waals surface area contributed by atoms with E-state index in [4.69, 9.17) is 11.6 Å². The minimum atomic E-state index is -0.414. The predicted molar refractivity (Wildman–Crippen MR) is 136 cm³/mol. The Balaban J connectivity index is 1.43. The van der Waals surface area contributed by atoms with E-state index in [1.165, 1.54) is 17.4 Å². The summed E-state index contributed by atoms with van der Waals surface area (Å²) in [6, 6.07) is 14.2. The fraction of sp³-hybridized carbons (Fsp3) is 0.280. The second-order valence-corrected chi connectivity index (χ2v) is 10.2. The van der Waals surface area contributed by atoms with Crippen LogP contribution in [0.15, 0.2) is 65.7 Å². The molecule has 0 spiro atoms. The lowest BCUT2D eigenvalue weighted by Gasteiger charge is -2.33. The maximum absolute atomic E-state index is 12.4. The molecule has 5 rings (SSSR count). The lowest BCUT2D eigenvalue weighted by Crippen LogP contribution is -2.38. The van der Waals surface area contributed by atoms with Gasteiger partial charge >= 0.3 is 0 Å². The van der Waals surface area contributed by atoms with E-state index < -0.39 is 6.10 Å². The van der Waals surface area contributed by atoms with E-state index in [-0.39, 0.29) is 11.3 Å². The number of aryl methyl sites for hydroxylation is 1. The molecular formula is C25H24ClN5O3S. The van der Waals surface area contributed by atoms with Crippen molar-refractivity contribution in [3.63, 3.8) is 0 Å². The smallest absolute Gasteiger partial charge is 0.255 e. The molecule has 1 atom stereocenters. The van der Waals surface area contributed by atoms with Crippen LogP contribution in [0.3, 0.4) is 0 Å². The summed E-state index contributed by atoms with van der Waals surface area (Å²) in [5.41, 5.74) is 2.97. The van der Waals surface area contributed by atoms with Gasteiger partial charge in [0, 0.05) is 38.2 Å². The predicted octanol–water partition coefficient (Wildman–Crippen LogP) is 3.91. The largest absolute Gasteiger partial charge is 0.391 e. The third kappa shape index (κ3) is 5.22. The summed E-state index contributed by atoms with van der Waals surface area (Å²) < 4.78 is 3.87. The average Bonchev–Trinajstić information content (AvgIpc) is 3.52. The van der Waals surface area contributed by atoms with Crippen LogP contribution in [0.2, 0.25) is 4.34 Å². The normalized spacial score (nSPS) is 15.9. The van der Waals surface area contributed by atoms with E-state index >= 15 is 0 Å². The molecule has 3 aromatic heterocycles. The van der Waals surface area contributed by atoms with Crippen LogP contribution >= 0.6 is 22.9 Å². The van der Waals surface area contributed by atoms with Gasteiger partial charge in [0.15, 0.2) is 5.78 Å². The summed E-state index contributed by atoms with van der Waals surface area (Å²) in [4.78, 5) is 27.6. The second kappa shape index (κ2) is 10.2. The summed E-state index contributed by atoms with van der Waals surface area (Å²) in [7, 11) is 0. The van der Waals surface area contributed by atoms with Gasteiger partial charge in [0.05, 0.1) is 44.3 Å². The highest BCUT2D eigenvalue weighted by Crippen LogP contribution is 2.30. The molecule has 35 heavy (non-hydrogen) atoms. The maximum atomic E-state index is 12.4. The number of carbonyl (C=O) groups excluding carboxylic acids is 1. The number of halogens is 1. The van der Waals surface area contributed by atoms with Crippen molar-refractivity contribution >= 4 is 34.4 Å². The van der Waals surface area contributed by atoms with Gasteiger partial charge in [-0.2, -0.15) is 0 Å². The molecule has 0 aliphatic carbocycles. The van der Waals surface area contributed by atoms with Gasteiger partial charge in [-0.3, -0.25) is 14.2 Å². The van der Waals surface area contributed by atoms with Crippen LogP contribution in [0.1, 0.15) is 34.6 Å². The molecule has 1 saturated heterocycles. The number of aliphatic hydroxyl groups is 1. The third-order valence-electron chi connectivity index (χ3n) is 6.04. The summed E-state index contributed by atoms with van der Waals surface area (Å²) in [5.74, 6) is 0.0251. The molecule has 0 radical (unpaired) electrons. The van der Waals surface area contributed by atoms with Gasteiger partial charge in [-0.05, 0) is 49.2 Å². The van der Waals surface area contributed by atoms with Gasteiger partial charge < -0.3 is 10.0 Å². The first kappa shape index (κ1) is 23.5. The molecule has 1 aromatic carbocycles. The Labute approximate surface area is 211 Å². The Bertz CT molecular complexity index is 1410. The quantitative estimate of drug-likeness (QED) is 0.380. The minimum Gasteiger partial charge on any atom is -0.391 e. The van der Waals surface area contributed by atoms with Crippen molar-refractivity contribution in [1.82, 2.24) is 19.6 Å². The third-order valence-corrected chi connectivity index (χ3v) is 7.31. The molecule has 10 heteroatoms. The van der Waals surface area contributed by atoms with Gasteiger partial charge in [0.25, 0.3) is 5.56 Å². The number of piperidine rings is 1. The summed E-state index contributed by atoms with van der Waals surface area (Å²) >= 11 is 7.22. The molecule has 1 N–H and O–H groups in total. The number of aromatic nitrogens is 4. The van der Waals surface area contributed by atoms with E-state index in [0.717, 1.165) is 36.4 Å². The van der Waals surface area contributed by atoms with E-state index in [1.54, 1.807) is 33.6 Å². The monoisotopic (exact) mass is 509 g/mol. The molecule has 1 aliphatic rings. The number of Topliss-reactive ketones (excluding diaryl/α,β-unsaturated/α-hetero) is 1. The molecular weight excluding hydrogens is 486 g/mol. The number of thiophene rings is 1. The highest BCUT2D eigenvalue weighted by molar-refractivity contribution is 7.18. The first-order valence-corrected chi connectivity index (χ1v) is 12.6. The number of pyridine rings is 1. The van der Waals surface area contributed by atoms with Crippen LogP contribution < -0.4 is 10.5 Å². The second-order valence-electron chi connectivity index (χ2n) is 8.51. The van der Waals surface area contributed by atoms with Gasteiger partial charge in [-0.25, -0.2) is 4.68 Å². The molecule has 0 bridgehead atoms. The van der Waals surface area contributed by atoms with Gasteiger partial charge in [0.1, 0.15) is 0 Å². The lowest BCUT2D eigenvalue weighted by molar-refractivity contribution is 0.0986. The zero-order chi connectivity index (χ0) is 24.4. The molecule has 8 nitrogen and oxygen atoms in total.